The minimum Gasteiger partial charge on any atom is -0.324 e. The Labute approximate surface area is 123 Å². The quantitative estimate of drug-likeness (QED) is 0.293. The first-order chi connectivity index (χ1) is 9.43. The molecule has 0 aromatic heterocycles. The molecule has 2 aliphatic rings. The van der Waals surface area contributed by atoms with E-state index >= 15 is 0 Å². The van der Waals surface area contributed by atoms with Crippen LogP contribution in [-0.2, 0) is 9.13 Å². The monoisotopic (exact) mass is 342 g/mol. The molecule has 2 aliphatic carbocycles. The third-order valence-electron chi connectivity index (χ3n) is 5.06. The SMILES string of the molecule is NC1(N)C2CCC(C2)C1C(CCCP(=O)(O)O)P(=O)(O)O. The summed E-state index contributed by atoms with van der Waals surface area (Å²) >= 11 is 0. The summed E-state index contributed by atoms with van der Waals surface area (Å²) in [5.41, 5.74) is 10.2. The van der Waals surface area contributed by atoms with Crippen molar-refractivity contribution in [3.63, 3.8) is 0 Å². The fraction of sp³-hybridized carbons (Fsp3) is 1.00. The average Bonchev–Trinajstić information content (AvgIpc) is 2.81. The first-order valence-corrected chi connectivity index (χ1v) is 10.6. The van der Waals surface area contributed by atoms with Gasteiger partial charge in [-0.25, -0.2) is 0 Å². The molecule has 0 aromatic rings. The molecule has 21 heavy (non-hydrogen) atoms. The molecule has 2 saturated carbocycles. The predicted octanol–water partition coefficient (Wildman–Crippen LogP) is 0.150. The summed E-state index contributed by atoms with van der Waals surface area (Å²) in [6.45, 7) is 0. The van der Waals surface area contributed by atoms with Crippen LogP contribution in [0.2, 0.25) is 0 Å². The van der Waals surface area contributed by atoms with Crippen LogP contribution in [0.4, 0.5) is 0 Å². The Bertz CT molecular complexity index is 487. The van der Waals surface area contributed by atoms with Gasteiger partial charge < -0.3 is 31.0 Å². The van der Waals surface area contributed by atoms with E-state index in [0.717, 1.165) is 19.3 Å². The topological polar surface area (TPSA) is 167 Å². The molecule has 8 nitrogen and oxygen atoms in total. The molecule has 0 spiro atoms. The Hall–Kier alpha value is 0.220. The van der Waals surface area contributed by atoms with Crippen molar-refractivity contribution < 1.29 is 28.7 Å². The summed E-state index contributed by atoms with van der Waals surface area (Å²) in [6.07, 6.45) is 2.22. The zero-order valence-electron chi connectivity index (χ0n) is 11.7. The van der Waals surface area contributed by atoms with Crippen LogP contribution in [0, 0.1) is 17.8 Å². The summed E-state index contributed by atoms with van der Waals surface area (Å²) in [5, 5.41) is 0. The van der Waals surface area contributed by atoms with Gasteiger partial charge in [0.25, 0.3) is 0 Å². The molecule has 0 amide bonds. The molecule has 10 heteroatoms. The largest absolute Gasteiger partial charge is 0.329 e. The van der Waals surface area contributed by atoms with Crippen molar-refractivity contribution in [2.45, 2.75) is 43.4 Å². The smallest absolute Gasteiger partial charge is 0.324 e. The van der Waals surface area contributed by atoms with Gasteiger partial charge in [-0.15, -0.1) is 0 Å². The molecule has 8 N–H and O–H groups in total. The molecule has 0 aliphatic heterocycles. The summed E-state index contributed by atoms with van der Waals surface area (Å²) in [5.74, 6) is -0.324. The van der Waals surface area contributed by atoms with Crippen LogP contribution in [0.3, 0.4) is 0 Å². The van der Waals surface area contributed by atoms with Crippen LogP contribution >= 0.6 is 15.2 Å². The Morgan fingerprint density at radius 3 is 2.19 bits per heavy atom. The lowest BCUT2D eigenvalue weighted by Gasteiger charge is -2.42. The van der Waals surface area contributed by atoms with Crippen LogP contribution < -0.4 is 11.5 Å². The van der Waals surface area contributed by atoms with E-state index in [9.17, 15) is 18.9 Å². The van der Waals surface area contributed by atoms with E-state index in [4.69, 9.17) is 21.3 Å². The average molecular weight is 342 g/mol. The van der Waals surface area contributed by atoms with Crippen LogP contribution in [0.5, 0.6) is 0 Å². The number of rotatable bonds is 6. The summed E-state index contributed by atoms with van der Waals surface area (Å²) in [6, 6.07) is 0. The molecule has 4 atom stereocenters. The van der Waals surface area contributed by atoms with Gasteiger partial charge in [0.1, 0.15) is 0 Å². The maximum Gasteiger partial charge on any atom is 0.329 e. The van der Waals surface area contributed by atoms with Crippen molar-refractivity contribution in [3.8, 4) is 0 Å². The van der Waals surface area contributed by atoms with Gasteiger partial charge in [-0.05, 0) is 43.9 Å². The van der Waals surface area contributed by atoms with Crippen molar-refractivity contribution in [1.82, 2.24) is 0 Å². The standard InChI is InChI=1S/C11H24N2O6P2/c12-11(13)8-4-3-7(6-8)10(11)9(21(17,18)19)2-1-5-20(14,15)16/h7-10H,1-6,12-13H2,(H2,14,15,16)(H2,17,18,19). The van der Waals surface area contributed by atoms with E-state index in [-0.39, 0.29) is 30.8 Å². The Morgan fingerprint density at radius 1 is 1.14 bits per heavy atom. The zero-order valence-corrected chi connectivity index (χ0v) is 13.5. The van der Waals surface area contributed by atoms with Gasteiger partial charge in [-0.3, -0.25) is 9.13 Å². The molecule has 0 saturated heterocycles. The van der Waals surface area contributed by atoms with Crippen LogP contribution in [0.25, 0.3) is 0 Å². The van der Waals surface area contributed by atoms with Gasteiger partial charge in [0.2, 0.25) is 0 Å². The molecule has 0 heterocycles. The first kappa shape index (κ1) is 17.6. The lowest BCUT2D eigenvalue weighted by Crippen LogP contribution is -2.62. The first-order valence-electron chi connectivity index (χ1n) is 7.10. The normalized spacial score (nSPS) is 33.3. The fourth-order valence-electron chi connectivity index (χ4n) is 4.19. The molecule has 124 valence electrons. The maximum atomic E-state index is 11.8. The number of fused-ring (bicyclic) bond motifs is 2. The van der Waals surface area contributed by atoms with E-state index in [2.05, 4.69) is 0 Å². The second-order valence-electron chi connectivity index (χ2n) is 6.48. The highest BCUT2D eigenvalue weighted by atomic mass is 31.2. The van der Waals surface area contributed by atoms with Gasteiger partial charge in [0.05, 0.1) is 11.3 Å². The Morgan fingerprint density at radius 2 is 1.76 bits per heavy atom. The Balaban J connectivity index is 2.14. The molecule has 0 radical (unpaired) electrons. The highest BCUT2D eigenvalue weighted by Gasteiger charge is 2.59. The minimum absolute atomic E-state index is 0.0272. The van der Waals surface area contributed by atoms with Crippen molar-refractivity contribution in [3.05, 3.63) is 0 Å². The fourth-order valence-corrected chi connectivity index (χ4v) is 6.22. The predicted molar refractivity (Wildman–Crippen MR) is 77.4 cm³/mol. The summed E-state index contributed by atoms with van der Waals surface area (Å²) < 4.78 is 22.7. The molecular formula is C11H24N2O6P2. The summed E-state index contributed by atoms with van der Waals surface area (Å²) in [7, 11) is -8.60. The van der Waals surface area contributed by atoms with Crippen LogP contribution in [-0.4, -0.2) is 37.1 Å². The molecule has 2 rings (SSSR count). The molecule has 2 fully saturated rings. The van der Waals surface area contributed by atoms with Crippen LogP contribution in [0.15, 0.2) is 0 Å². The highest BCUT2D eigenvalue weighted by molar-refractivity contribution is 7.52. The molecular weight excluding hydrogens is 318 g/mol. The minimum atomic E-state index is -4.43. The number of nitrogens with two attached hydrogens (primary N) is 2. The Kier molecular flexibility index (Phi) is 4.76. The van der Waals surface area contributed by atoms with Crippen molar-refractivity contribution in [1.29, 1.82) is 0 Å². The lowest BCUT2D eigenvalue weighted by molar-refractivity contribution is 0.157. The number of hydrogen-bond acceptors (Lipinski definition) is 4. The van der Waals surface area contributed by atoms with E-state index in [1.807, 2.05) is 0 Å². The summed E-state index contributed by atoms with van der Waals surface area (Å²) in [4.78, 5) is 37.0. The van der Waals surface area contributed by atoms with Gasteiger partial charge in [-0.1, -0.05) is 0 Å². The lowest BCUT2D eigenvalue weighted by atomic mass is 9.77. The number of hydrogen-bond donors (Lipinski definition) is 6. The van der Waals surface area contributed by atoms with Crippen LogP contribution in [0.1, 0.15) is 32.1 Å². The molecule has 0 aromatic carbocycles. The second kappa shape index (κ2) is 5.69. The van der Waals surface area contributed by atoms with Crippen molar-refractivity contribution >= 4 is 15.2 Å². The molecule has 2 bridgehead atoms. The highest BCUT2D eigenvalue weighted by Crippen LogP contribution is 2.60. The molecule has 4 unspecified atom stereocenters. The van der Waals surface area contributed by atoms with E-state index in [0.29, 0.717) is 0 Å². The third-order valence-corrected chi connectivity index (χ3v) is 7.40. The van der Waals surface area contributed by atoms with Gasteiger partial charge in [-0.2, -0.15) is 0 Å². The zero-order chi connectivity index (χ0) is 16.1. The second-order valence-corrected chi connectivity index (χ2v) is 10.1. The maximum absolute atomic E-state index is 11.8. The van der Waals surface area contributed by atoms with Crippen molar-refractivity contribution in [2.24, 2.45) is 29.2 Å². The van der Waals surface area contributed by atoms with E-state index in [1.54, 1.807) is 0 Å². The third kappa shape index (κ3) is 3.77. The van der Waals surface area contributed by atoms with Gasteiger partial charge in [0, 0.05) is 12.1 Å². The van der Waals surface area contributed by atoms with Gasteiger partial charge >= 0.3 is 15.2 Å². The van der Waals surface area contributed by atoms with Crippen molar-refractivity contribution in [2.75, 3.05) is 6.16 Å². The van der Waals surface area contributed by atoms with E-state index in [1.165, 1.54) is 0 Å². The van der Waals surface area contributed by atoms with Gasteiger partial charge in [0.15, 0.2) is 0 Å². The van der Waals surface area contributed by atoms with E-state index < -0.39 is 32.4 Å².